The molecule has 1 N–H and O–H groups in total. The summed E-state index contributed by atoms with van der Waals surface area (Å²) >= 11 is 0. The fourth-order valence-corrected chi connectivity index (χ4v) is 5.06. The summed E-state index contributed by atoms with van der Waals surface area (Å²) in [5, 5.41) is 3.50. The van der Waals surface area contributed by atoms with Crippen LogP contribution in [0.4, 0.5) is 17.5 Å². The lowest BCUT2D eigenvalue weighted by Crippen LogP contribution is -2.44. The van der Waals surface area contributed by atoms with Gasteiger partial charge in [-0.05, 0) is 75.2 Å². The molecule has 1 aromatic carbocycles. The smallest absolute Gasteiger partial charge is 0.209 e. The normalized spacial score (nSPS) is 15.1. The molecule has 3 aromatic rings. The van der Waals surface area contributed by atoms with Crippen LogP contribution in [-0.4, -0.2) is 83.0 Å². The average molecular weight is 520 g/mol. The number of likely N-dealkylation sites (N-methyl/N-ethyl adjacent to an activating group) is 1. The molecule has 1 aliphatic rings. The summed E-state index contributed by atoms with van der Waals surface area (Å²) in [5.74, 6) is 2.97. The molecule has 38 heavy (non-hydrogen) atoms. The zero-order valence-corrected chi connectivity index (χ0v) is 24.1. The van der Waals surface area contributed by atoms with E-state index in [-0.39, 0.29) is 5.78 Å². The number of aromatic nitrogens is 3. The van der Waals surface area contributed by atoms with Gasteiger partial charge in [-0.3, -0.25) is 9.36 Å². The summed E-state index contributed by atoms with van der Waals surface area (Å²) in [5.41, 5.74) is 3.43. The minimum Gasteiger partial charge on any atom is -0.356 e. The van der Waals surface area contributed by atoms with Crippen molar-refractivity contribution in [1.29, 1.82) is 0 Å². The average Bonchev–Trinajstić information content (AvgIpc) is 3.20. The van der Waals surface area contributed by atoms with Gasteiger partial charge in [-0.1, -0.05) is 27.7 Å². The monoisotopic (exact) mass is 519 g/mol. The number of piperazine rings is 1. The van der Waals surface area contributed by atoms with E-state index >= 15 is 0 Å². The quantitative estimate of drug-likeness (QED) is 0.333. The SMILES string of the molecule is CC(=O)c1ccc(Nc2nc3ccc(N(CC(C)C)CC(C)C)nc3n2CCCN2CCN(C)CC2)cc1. The predicted octanol–water partition coefficient (Wildman–Crippen LogP) is 5.13. The van der Waals surface area contributed by atoms with Gasteiger partial charge in [-0.2, -0.15) is 0 Å². The van der Waals surface area contributed by atoms with Crippen LogP contribution in [0, 0.1) is 11.8 Å². The lowest BCUT2D eigenvalue weighted by Gasteiger charge is -2.32. The number of rotatable bonds is 12. The molecule has 0 unspecified atom stereocenters. The van der Waals surface area contributed by atoms with Crippen molar-refractivity contribution in [2.24, 2.45) is 11.8 Å². The van der Waals surface area contributed by atoms with Gasteiger partial charge in [0.2, 0.25) is 5.95 Å². The van der Waals surface area contributed by atoms with Crippen molar-refractivity contribution in [1.82, 2.24) is 24.3 Å². The third-order valence-corrected chi connectivity index (χ3v) is 7.07. The van der Waals surface area contributed by atoms with Crippen molar-refractivity contribution >= 4 is 34.4 Å². The van der Waals surface area contributed by atoms with Crippen molar-refractivity contribution in [3.8, 4) is 0 Å². The van der Waals surface area contributed by atoms with Gasteiger partial charge in [0.25, 0.3) is 0 Å². The molecular weight excluding hydrogens is 474 g/mol. The Morgan fingerprint density at radius 3 is 2.18 bits per heavy atom. The van der Waals surface area contributed by atoms with E-state index in [1.165, 1.54) is 0 Å². The summed E-state index contributed by atoms with van der Waals surface area (Å²) in [6.07, 6.45) is 1.03. The van der Waals surface area contributed by atoms with E-state index in [1.54, 1.807) is 6.92 Å². The number of aryl methyl sites for hydroxylation is 1. The van der Waals surface area contributed by atoms with E-state index < -0.39 is 0 Å². The molecule has 0 saturated carbocycles. The lowest BCUT2D eigenvalue weighted by molar-refractivity contribution is 0.101. The molecule has 8 nitrogen and oxygen atoms in total. The Hall–Kier alpha value is -2.97. The molecule has 206 valence electrons. The van der Waals surface area contributed by atoms with Gasteiger partial charge >= 0.3 is 0 Å². The third-order valence-electron chi connectivity index (χ3n) is 7.07. The number of hydrogen-bond acceptors (Lipinski definition) is 7. The molecule has 0 amide bonds. The van der Waals surface area contributed by atoms with Crippen LogP contribution in [0.1, 0.15) is 51.4 Å². The summed E-state index contributed by atoms with van der Waals surface area (Å²) in [6, 6.07) is 11.8. The fourth-order valence-electron chi connectivity index (χ4n) is 5.06. The van der Waals surface area contributed by atoms with Crippen LogP contribution in [0.15, 0.2) is 36.4 Å². The maximum absolute atomic E-state index is 11.7. The number of carbonyl (C=O) groups excluding carboxylic acids is 1. The molecule has 3 heterocycles. The highest BCUT2D eigenvalue weighted by molar-refractivity contribution is 5.94. The van der Waals surface area contributed by atoms with Crippen molar-refractivity contribution in [3.63, 3.8) is 0 Å². The standard InChI is InChI=1S/C30H45N7O/c1-22(2)20-36(21-23(3)4)28-13-12-27-29(33-28)37(15-7-14-35-18-16-34(6)17-19-35)30(32-27)31-26-10-8-25(9-11-26)24(5)38/h8-13,22-23H,7,14-21H2,1-6H3,(H,31,32). The van der Waals surface area contributed by atoms with E-state index in [9.17, 15) is 4.79 Å². The summed E-state index contributed by atoms with van der Waals surface area (Å²) < 4.78 is 2.23. The highest BCUT2D eigenvalue weighted by atomic mass is 16.1. The second-order valence-electron chi connectivity index (χ2n) is 11.5. The van der Waals surface area contributed by atoms with E-state index in [0.717, 1.165) is 87.4 Å². The molecule has 8 heteroatoms. The Kier molecular flexibility index (Phi) is 9.39. The van der Waals surface area contributed by atoms with Gasteiger partial charge in [0, 0.05) is 57.1 Å². The van der Waals surface area contributed by atoms with Crippen LogP contribution in [0.3, 0.4) is 0 Å². The first kappa shape index (κ1) is 28.0. The Bertz CT molecular complexity index is 1180. The molecule has 0 spiro atoms. The zero-order valence-electron chi connectivity index (χ0n) is 24.1. The number of benzene rings is 1. The number of nitrogens with one attached hydrogen (secondary N) is 1. The number of Topliss-reactive ketones (excluding diaryl/α,β-unsaturated/α-hetero) is 1. The number of pyridine rings is 1. The maximum atomic E-state index is 11.7. The number of ketones is 1. The highest BCUT2D eigenvalue weighted by Gasteiger charge is 2.18. The Labute approximate surface area is 228 Å². The van der Waals surface area contributed by atoms with Gasteiger partial charge in [0.15, 0.2) is 11.4 Å². The van der Waals surface area contributed by atoms with Gasteiger partial charge in [0.1, 0.15) is 11.3 Å². The minimum atomic E-state index is 0.0665. The second-order valence-corrected chi connectivity index (χ2v) is 11.5. The zero-order chi connectivity index (χ0) is 27.2. The van der Waals surface area contributed by atoms with Crippen LogP contribution in [-0.2, 0) is 6.54 Å². The van der Waals surface area contributed by atoms with Crippen molar-refractivity contribution in [2.45, 2.75) is 47.6 Å². The molecule has 0 radical (unpaired) electrons. The molecule has 1 saturated heterocycles. The summed E-state index contributed by atoms with van der Waals surface area (Å²) in [4.78, 5) is 29.2. The largest absolute Gasteiger partial charge is 0.356 e. The molecule has 0 bridgehead atoms. The second kappa shape index (κ2) is 12.7. The van der Waals surface area contributed by atoms with Crippen LogP contribution in [0.25, 0.3) is 11.2 Å². The number of imidazole rings is 1. The number of carbonyl (C=O) groups is 1. The van der Waals surface area contributed by atoms with Gasteiger partial charge in [-0.15, -0.1) is 0 Å². The van der Waals surface area contributed by atoms with Gasteiger partial charge in [0.05, 0.1) is 0 Å². The Balaban J connectivity index is 1.62. The van der Waals surface area contributed by atoms with Crippen LogP contribution < -0.4 is 10.2 Å². The maximum Gasteiger partial charge on any atom is 0.209 e. The van der Waals surface area contributed by atoms with E-state index in [0.29, 0.717) is 17.4 Å². The van der Waals surface area contributed by atoms with Gasteiger partial charge < -0.3 is 20.0 Å². The van der Waals surface area contributed by atoms with Crippen LogP contribution in [0.2, 0.25) is 0 Å². The van der Waals surface area contributed by atoms with E-state index in [1.807, 2.05) is 24.3 Å². The molecule has 2 aromatic heterocycles. The first-order valence-electron chi connectivity index (χ1n) is 14.1. The number of hydrogen-bond donors (Lipinski definition) is 1. The third kappa shape index (κ3) is 7.32. The van der Waals surface area contributed by atoms with E-state index in [4.69, 9.17) is 9.97 Å². The molecule has 0 atom stereocenters. The topological polar surface area (TPSA) is 69.5 Å². The number of nitrogens with zero attached hydrogens (tertiary/aromatic N) is 6. The van der Waals surface area contributed by atoms with Crippen molar-refractivity contribution in [2.75, 3.05) is 63.1 Å². The molecule has 4 rings (SSSR count). The number of anilines is 3. The first-order valence-corrected chi connectivity index (χ1v) is 14.1. The first-order chi connectivity index (χ1) is 18.2. The minimum absolute atomic E-state index is 0.0665. The molecule has 0 aliphatic carbocycles. The summed E-state index contributed by atoms with van der Waals surface area (Å²) in [6.45, 7) is 19.0. The fraction of sp³-hybridized carbons (Fsp3) is 0.567. The van der Waals surface area contributed by atoms with E-state index in [2.05, 4.69) is 71.5 Å². The lowest BCUT2D eigenvalue weighted by atomic mass is 10.1. The van der Waals surface area contributed by atoms with Crippen molar-refractivity contribution in [3.05, 3.63) is 42.0 Å². The molecular formula is C30H45N7O. The Morgan fingerprint density at radius 2 is 1.58 bits per heavy atom. The summed E-state index contributed by atoms with van der Waals surface area (Å²) in [7, 11) is 2.20. The van der Waals surface area contributed by atoms with Gasteiger partial charge in [-0.25, -0.2) is 9.97 Å². The molecule has 1 fully saturated rings. The highest BCUT2D eigenvalue weighted by Crippen LogP contribution is 2.26. The predicted molar refractivity (Wildman–Crippen MR) is 158 cm³/mol. The molecule has 1 aliphatic heterocycles. The number of fused-ring (bicyclic) bond motifs is 1. The van der Waals surface area contributed by atoms with Crippen LogP contribution in [0.5, 0.6) is 0 Å². The Morgan fingerprint density at radius 1 is 0.921 bits per heavy atom. The van der Waals surface area contributed by atoms with Crippen LogP contribution >= 0.6 is 0 Å². The van der Waals surface area contributed by atoms with Crippen molar-refractivity contribution < 1.29 is 4.79 Å².